The lowest BCUT2D eigenvalue weighted by molar-refractivity contribution is -0.124. The summed E-state index contributed by atoms with van der Waals surface area (Å²) in [6.07, 6.45) is 7.76. The Hall–Kier alpha value is -1.83. The molecule has 25 heavy (non-hydrogen) atoms. The van der Waals surface area contributed by atoms with Crippen LogP contribution in [0, 0.1) is 0 Å². The Morgan fingerprint density at radius 3 is 2.52 bits per heavy atom. The largest absolute Gasteiger partial charge is 0.355 e. The van der Waals surface area contributed by atoms with Crippen molar-refractivity contribution in [3.63, 3.8) is 0 Å². The molecule has 0 aromatic heterocycles. The highest BCUT2D eigenvalue weighted by atomic mass is 16.2. The number of imide groups is 1. The summed E-state index contributed by atoms with van der Waals surface area (Å²) in [5.41, 5.74) is 0. The third kappa shape index (κ3) is 4.62. The van der Waals surface area contributed by atoms with Crippen molar-refractivity contribution in [1.29, 1.82) is 0 Å². The Bertz CT molecular complexity index is 493. The van der Waals surface area contributed by atoms with Gasteiger partial charge in [0.1, 0.15) is 0 Å². The second kappa shape index (κ2) is 8.51. The van der Waals surface area contributed by atoms with Crippen LogP contribution in [0.2, 0.25) is 0 Å². The fraction of sp³-hybridized carbons (Fsp3) is 0.824. The topological polar surface area (TPSA) is 89.1 Å². The average Bonchev–Trinajstić information content (AvgIpc) is 3.27. The highest BCUT2D eigenvalue weighted by Crippen LogP contribution is 2.26. The van der Waals surface area contributed by atoms with Gasteiger partial charge in [0.05, 0.1) is 6.54 Å². The van der Waals surface area contributed by atoms with E-state index in [0.29, 0.717) is 19.1 Å². The number of carbonyl (C=O) groups excluding carboxylic acids is 2. The molecule has 0 spiro atoms. The Labute approximate surface area is 149 Å². The number of likely N-dealkylation sites (tertiary alicyclic amines) is 1. The summed E-state index contributed by atoms with van der Waals surface area (Å²) in [4.78, 5) is 31.2. The van der Waals surface area contributed by atoms with Crippen molar-refractivity contribution in [1.82, 2.24) is 25.8 Å². The van der Waals surface area contributed by atoms with Crippen LogP contribution < -0.4 is 16.0 Å². The first kappa shape index (κ1) is 18.0. The van der Waals surface area contributed by atoms with Crippen molar-refractivity contribution in [2.45, 2.75) is 50.6 Å². The summed E-state index contributed by atoms with van der Waals surface area (Å²) >= 11 is 0. The van der Waals surface area contributed by atoms with Gasteiger partial charge < -0.3 is 20.9 Å². The lowest BCUT2D eigenvalue weighted by Gasteiger charge is -2.36. The minimum atomic E-state index is -0.311. The number of amides is 3. The standard InChI is InChI=1S/C17H30N6O2/c1-18-16(19-8-11-23-15(24)12-20-17(23)25)21-13-6-9-22(10-7-13)14-4-2-3-5-14/h13-14H,2-12H2,1H3,(H,20,25)(H2,18,19,21). The number of carbonyl (C=O) groups is 2. The normalized spacial score (nSPS) is 24.0. The molecule has 2 heterocycles. The van der Waals surface area contributed by atoms with Crippen LogP contribution in [0.1, 0.15) is 38.5 Å². The monoisotopic (exact) mass is 350 g/mol. The van der Waals surface area contributed by atoms with Gasteiger partial charge in [0.25, 0.3) is 0 Å². The summed E-state index contributed by atoms with van der Waals surface area (Å²) in [5, 5.41) is 9.20. The number of hydrogen-bond donors (Lipinski definition) is 3. The number of aliphatic imine (C=N–C) groups is 1. The number of guanidine groups is 1. The van der Waals surface area contributed by atoms with Crippen LogP contribution >= 0.6 is 0 Å². The minimum absolute atomic E-state index is 0.103. The first-order valence-electron chi connectivity index (χ1n) is 9.47. The van der Waals surface area contributed by atoms with E-state index in [2.05, 4.69) is 25.8 Å². The Balaban J connectivity index is 1.36. The first-order chi connectivity index (χ1) is 12.2. The van der Waals surface area contributed by atoms with Gasteiger partial charge in [0.2, 0.25) is 5.91 Å². The third-order valence-electron chi connectivity index (χ3n) is 5.50. The molecule has 3 aliphatic rings. The van der Waals surface area contributed by atoms with Crippen molar-refractivity contribution in [2.24, 2.45) is 4.99 Å². The van der Waals surface area contributed by atoms with Gasteiger partial charge in [-0.2, -0.15) is 0 Å². The van der Waals surface area contributed by atoms with E-state index in [9.17, 15) is 9.59 Å². The molecule has 0 radical (unpaired) electrons. The van der Waals surface area contributed by atoms with Gasteiger partial charge in [-0.15, -0.1) is 0 Å². The molecule has 3 rings (SSSR count). The van der Waals surface area contributed by atoms with Crippen LogP contribution in [-0.2, 0) is 4.79 Å². The minimum Gasteiger partial charge on any atom is -0.355 e. The number of hydrogen-bond acceptors (Lipinski definition) is 4. The zero-order valence-electron chi connectivity index (χ0n) is 15.1. The molecular formula is C17H30N6O2. The SMILES string of the molecule is CN=C(NCCN1C(=O)CNC1=O)NC1CCN(C2CCCC2)CC1. The summed E-state index contributed by atoms with van der Waals surface area (Å²) < 4.78 is 0. The molecule has 0 atom stereocenters. The molecule has 3 fully saturated rings. The summed E-state index contributed by atoms with van der Waals surface area (Å²) in [7, 11) is 1.75. The number of rotatable bonds is 5. The van der Waals surface area contributed by atoms with Crippen LogP contribution in [0.4, 0.5) is 4.79 Å². The molecule has 140 valence electrons. The fourth-order valence-corrected chi connectivity index (χ4v) is 4.03. The van der Waals surface area contributed by atoms with Crippen LogP contribution in [-0.4, -0.2) is 79.6 Å². The van der Waals surface area contributed by atoms with Crippen molar-refractivity contribution in [3.8, 4) is 0 Å². The van der Waals surface area contributed by atoms with Gasteiger partial charge in [-0.1, -0.05) is 12.8 Å². The van der Waals surface area contributed by atoms with Crippen LogP contribution in [0.15, 0.2) is 4.99 Å². The van der Waals surface area contributed by atoms with Gasteiger partial charge in [0, 0.05) is 45.3 Å². The van der Waals surface area contributed by atoms with E-state index in [1.54, 1.807) is 7.05 Å². The number of urea groups is 1. The number of nitrogens with zero attached hydrogens (tertiary/aromatic N) is 3. The highest BCUT2D eigenvalue weighted by molar-refractivity contribution is 6.01. The zero-order valence-corrected chi connectivity index (χ0v) is 15.1. The Morgan fingerprint density at radius 2 is 1.92 bits per heavy atom. The number of piperidine rings is 1. The first-order valence-corrected chi connectivity index (χ1v) is 9.47. The molecule has 3 amide bonds. The molecule has 2 saturated heterocycles. The van der Waals surface area contributed by atoms with E-state index in [1.165, 1.54) is 30.6 Å². The molecule has 2 aliphatic heterocycles. The average molecular weight is 350 g/mol. The van der Waals surface area contributed by atoms with Crippen LogP contribution in [0.25, 0.3) is 0 Å². The maximum Gasteiger partial charge on any atom is 0.324 e. The summed E-state index contributed by atoms with van der Waals surface area (Å²) in [6, 6.07) is 0.928. The second-order valence-electron chi connectivity index (χ2n) is 7.10. The molecule has 8 heteroatoms. The predicted molar refractivity (Wildman–Crippen MR) is 96.5 cm³/mol. The quantitative estimate of drug-likeness (QED) is 0.372. The summed E-state index contributed by atoms with van der Waals surface area (Å²) in [5.74, 6) is 0.570. The molecule has 0 bridgehead atoms. The van der Waals surface area contributed by atoms with Crippen molar-refractivity contribution < 1.29 is 9.59 Å². The van der Waals surface area contributed by atoms with E-state index >= 15 is 0 Å². The zero-order chi connectivity index (χ0) is 17.6. The van der Waals surface area contributed by atoms with E-state index < -0.39 is 0 Å². The maximum atomic E-state index is 11.6. The Morgan fingerprint density at radius 1 is 1.20 bits per heavy atom. The van der Waals surface area contributed by atoms with Crippen LogP contribution in [0.5, 0.6) is 0 Å². The van der Waals surface area contributed by atoms with Gasteiger partial charge in [-0.05, 0) is 25.7 Å². The lowest BCUT2D eigenvalue weighted by atomic mass is 10.0. The van der Waals surface area contributed by atoms with E-state index in [0.717, 1.165) is 37.9 Å². The van der Waals surface area contributed by atoms with Gasteiger partial charge >= 0.3 is 6.03 Å². The molecule has 0 aromatic rings. The predicted octanol–water partition coefficient (Wildman–Crippen LogP) is 0.110. The summed E-state index contributed by atoms with van der Waals surface area (Å²) in [6.45, 7) is 3.26. The highest BCUT2D eigenvalue weighted by Gasteiger charge is 2.29. The fourth-order valence-electron chi connectivity index (χ4n) is 4.03. The van der Waals surface area contributed by atoms with Gasteiger partial charge in [-0.3, -0.25) is 14.7 Å². The van der Waals surface area contributed by atoms with Gasteiger partial charge in [0.15, 0.2) is 5.96 Å². The molecule has 1 aliphatic carbocycles. The molecule has 1 saturated carbocycles. The third-order valence-corrected chi connectivity index (χ3v) is 5.50. The van der Waals surface area contributed by atoms with Crippen LogP contribution in [0.3, 0.4) is 0 Å². The van der Waals surface area contributed by atoms with E-state index in [1.807, 2.05) is 0 Å². The molecule has 0 unspecified atom stereocenters. The smallest absolute Gasteiger partial charge is 0.324 e. The van der Waals surface area contributed by atoms with Gasteiger partial charge in [-0.25, -0.2) is 4.79 Å². The molecule has 8 nitrogen and oxygen atoms in total. The number of nitrogens with one attached hydrogen (secondary N) is 3. The van der Waals surface area contributed by atoms with E-state index in [4.69, 9.17) is 0 Å². The lowest BCUT2D eigenvalue weighted by Crippen LogP contribution is -2.51. The maximum absolute atomic E-state index is 11.6. The van der Waals surface area contributed by atoms with Crippen molar-refractivity contribution >= 4 is 17.9 Å². The molecule has 3 N–H and O–H groups in total. The molecular weight excluding hydrogens is 320 g/mol. The van der Waals surface area contributed by atoms with Crippen molar-refractivity contribution in [3.05, 3.63) is 0 Å². The van der Waals surface area contributed by atoms with E-state index in [-0.39, 0.29) is 18.5 Å². The Kier molecular flexibility index (Phi) is 6.12. The van der Waals surface area contributed by atoms with Crippen molar-refractivity contribution in [2.75, 3.05) is 39.8 Å². The second-order valence-corrected chi connectivity index (χ2v) is 7.10. The molecule has 0 aromatic carbocycles.